The van der Waals surface area contributed by atoms with Gasteiger partial charge in [0.15, 0.2) is 12.4 Å². The molecule has 0 fully saturated rings. The van der Waals surface area contributed by atoms with Crippen LogP contribution in [0, 0.1) is 0 Å². The fourth-order valence-electron chi connectivity index (χ4n) is 2.77. The second-order valence-corrected chi connectivity index (χ2v) is 6.16. The molecule has 1 aliphatic heterocycles. The SMILES string of the molecule is CCCC(NC(=O)C(C)N1C(=O)COc2ccc(C(C)=O)cc21)C(=O)O. The standard InChI is InChI=1S/C18H22N2O6/c1-4-5-13(18(24)25)19-17(23)10(2)20-14-8-12(11(3)21)6-7-15(14)26-9-16(20)22/h6-8,10,13H,4-5,9H2,1-3H3,(H,19,23)(H,24,25). The fraction of sp³-hybridized carbons (Fsp3) is 0.444. The second kappa shape index (κ2) is 7.99. The van der Waals surface area contributed by atoms with Crippen molar-refractivity contribution in [2.75, 3.05) is 11.5 Å². The number of hydrogen-bond acceptors (Lipinski definition) is 5. The predicted octanol–water partition coefficient (Wildman–Crippen LogP) is 1.37. The van der Waals surface area contributed by atoms with Gasteiger partial charge in [-0.1, -0.05) is 13.3 Å². The first-order chi connectivity index (χ1) is 12.3. The summed E-state index contributed by atoms with van der Waals surface area (Å²) in [6.07, 6.45) is 0.878. The Kier molecular flexibility index (Phi) is 5.97. The summed E-state index contributed by atoms with van der Waals surface area (Å²) in [4.78, 5) is 49.0. The van der Waals surface area contributed by atoms with Crippen LogP contribution in [0.3, 0.4) is 0 Å². The molecular weight excluding hydrogens is 340 g/mol. The number of ketones is 1. The second-order valence-electron chi connectivity index (χ2n) is 6.16. The van der Waals surface area contributed by atoms with Crippen molar-refractivity contribution in [2.24, 2.45) is 0 Å². The highest BCUT2D eigenvalue weighted by Crippen LogP contribution is 2.34. The van der Waals surface area contributed by atoms with Gasteiger partial charge in [0, 0.05) is 5.56 Å². The Hall–Kier alpha value is -2.90. The van der Waals surface area contributed by atoms with Crippen LogP contribution in [0.5, 0.6) is 5.75 Å². The van der Waals surface area contributed by atoms with E-state index in [1.54, 1.807) is 12.1 Å². The molecule has 2 unspecified atom stereocenters. The zero-order chi connectivity index (χ0) is 19.4. The van der Waals surface area contributed by atoms with Gasteiger partial charge in [-0.2, -0.15) is 0 Å². The van der Waals surface area contributed by atoms with Gasteiger partial charge in [-0.3, -0.25) is 19.3 Å². The van der Waals surface area contributed by atoms with E-state index in [0.29, 0.717) is 23.4 Å². The summed E-state index contributed by atoms with van der Waals surface area (Å²) in [6.45, 7) is 4.49. The molecule has 0 radical (unpaired) electrons. The minimum atomic E-state index is -1.13. The molecule has 2 rings (SSSR count). The molecule has 0 aliphatic carbocycles. The highest BCUT2D eigenvalue weighted by molar-refractivity contribution is 6.05. The third-order valence-corrected chi connectivity index (χ3v) is 4.20. The van der Waals surface area contributed by atoms with E-state index in [1.165, 1.54) is 24.8 Å². The molecule has 8 nitrogen and oxygen atoms in total. The van der Waals surface area contributed by atoms with E-state index in [-0.39, 0.29) is 18.8 Å². The zero-order valence-electron chi connectivity index (χ0n) is 14.9. The van der Waals surface area contributed by atoms with Crippen molar-refractivity contribution in [3.8, 4) is 5.75 Å². The quantitative estimate of drug-likeness (QED) is 0.709. The molecule has 0 bridgehead atoms. The molecule has 1 heterocycles. The molecular formula is C18H22N2O6. The van der Waals surface area contributed by atoms with E-state index in [2.05, 4.69) is 5.32 Å². The van der Waals surface area contributed by atoms with E-state index >= 15 is 0 Å². The lowest BCUT2D eigenvalue weighted by Gasteiger charge is -2.34. The van der Waals surface area contributed by atoms with E-state index in [1.807, 2.05) is 6.92 Å². The Morgan fingerprint density at radius 1 is 1.35 bits per heavy atom. The molecule has 1 aromatic rings. The fourth-order valence-corrected chi connectivity index (χ4v) is 2.77. The number of anilines is 1. The van der Waals surface area contributed by atoms with Crippen molar-refractivity contribution in [3.05, 3.63) is 23.8 Å². The normalized spacial score (nSPS) is 15.5. The van der Waals surface area contributed by atoms with Crippen molar-refractivity contribution < 1.29 is 29.0 Å². The number of benzene rings is 1. The number of carboxylic acid groups (broad SMARTS) is 1. The number of rotatable bonds is 7. The van der Waals surface area contributed by atoms with Crippen LogP contribution in [0.4, 0.5) is 5.69 Å². The van der Waals surface area contributed by atoms with Gasteiger partial charge in [-0.05, 0) is 38.5 Å². The summed E-state index contributed by atoms with van der Waals surface area (Å²) < 4.78 is 5.36. The average molecular weight is 362 g/mol. The number of nitrogens with zero attached hydrogens (tertiary/aromatic N) is 1. The lowest BCUT2D eigenvalue weighted by atomic mass is 10.1. The average Bonchev–Trinajstić information content (AvgIpc) is 2.59. The molecule has 0 saturated carbocycles. The van der Waals surface area contributed by atoms with Crippen molar-refractivity contribution in [2.45, 2.75) is 45.7 Å². The van der Waals surface area contributed by atoms with E-state index in [9.17, 15) is 24.3 Å². The first-order valence-electron chi connectivity index (χ1n) is 8.39. The van der Waals surface area contributed by atoms with Crippen LogP contribution in [0.2, 0.25) is 0 Å². The molecule has 26 heavy (non-hydrogen) atoms. The number of ether oxygens (including phenoxy) is 1. The number of carboxylic acids is 1. The van der Waals surface area contributed by atoms with Crippen molar-refractivity contribution >= 4 is 29.3 Å². The van der Waals surface area contributed by atoms with Crippen molar-refractivity contribution in [1.29, 1.82) is 0 Å². The van der Waals surface area contributed by atoms with Crippen LogP contribution in [-0.4, -0.2) is 47.4 Å². The van der Waals surface area contributed by atoms with Gasteiger partial charge in [0.05, 0.1) is 5.69 Å². The lowest BCUT2D eigenvalue weighted by Crippen LogP contribution is -2.54. The van der Waals surface area contributed by atoms with Crippen LogP contribution < -0.4 is 15.0 Å². The summed E-state index contributed by atoms with van der Waals surface area (Å²) in [5, 5.41) is 11.7. The molecule has 8 heteroatoms. The van der Waals surface area contributed by atoms with E-state index in [0.717, 1.165) is 0 Å². The first kappa shape index (κ1) is 19.4. The topological polar surface area (TPSA) is 113 Å². The lowest BCUT2D eigenvalue weighted by molar-refractivity contribution is -0.142. The maximum absolute atomic E-state index is 12.5. The Bertz CT molecular complexity index is 745. The summed E-state index contributed by atoms with van der Waals surface area (Å²) in [7, 11) is 0. The number of fused-ring (bicyclic) bond motifs is 1. The van der Waals surface area contributed by atoms with Gasteiger partial charge in [0.2, 0.25) is 5.91 Å². The Morgan fingerprint density at radius 3 is 2.62 bits per heavy atom. The molecule has 2 atom stereocenters. The van der Waals surface area contributed by atoms with Crippen molar-refractivity contribution in [1.82, 2.24) is 5.32 Å². The van der Waals surface area contributed by atoms with Crippen LogP contribution in [0.15, 0.2) is 18.2 Å². The van der Waals surface area contributed by atoms with Crippen LogP contribution >= 0.6 is 0 Å². The number of carbonyl (C=O) groups excluding carboxylic acids is 3. The maximum Gasteiger partial charge on any atom is 0.326 e. The highest BCUT2D eigenvalue weighted by atomic mass is 16.5. The third kappa shape index (κ3) is 4.01. The molecule has 1 aromatic carbocycles. The number of Topliss-reactive ketones (excluding diaryl/α,β-unsaturated/α-hetero) is 1. The molecule has 0 saturated heterocycles. The van der Waals surface area contributed by atoms with Gasteiger partial charge in [-0.15, -0.1) is 0 Å². The van der Waals surface area contributed by atoms with Crippen LogP contribution in [0.1, 0.15) is 44.0 Å². The van der Waals surface area contributed by atoms with E-state index in [4.69, 9.17) is 4.74 Å². The summed E-state index contributed by atoms with van der Waals surface area (Å²) in [5.74, 6) is -1.95. The Balaban J connectivity index is 2.30. The molecule has 0 aromatic heterocycles. The maximum atomic E-state index is 12.5. The smallest absolute Gasteiger partial charge is 0.326 e. The largest absolute Gasteiger partial charge is 0.482 e. The zero-order valence-corrected chi connectivity index (χ0v) is 14.9. The summed E-state index contributed by atoms with van der Waals surface area (Å²) in [6, 6.07) is 2.69. The van der Waals surface area contributed by atoms with Gasteiger partial charge < -0.3 is 15.2 Å². The number of carbonyl (C=O) groups is 4. The van der Waals surface area contributed by atoms with Crippen molar-refractivity contribution in [3.63, 3.8) is 0 Å². The molecule has 2 N–H and O–H groups in total. The van der Waals surface area contributed by atoms with Crippen LogP contribution in [-0.2, 0) is 14.4 Å². The van der Waals surface area contributed by atoms with E-state index < -0.39 is 29.9 Å². The third-order valence-electron chi connectivity index (χ3n) is 4.20. The van der Waals surface area contributed by atoms with Gasteiger partial charge >= 0.3 is 5.97 Å². The molecule has 140 valence electrons. The Morgan fingerprint density at radius 2 is 2.04 bits per heavy atom. The Labute approximate surface area is 151 Å². The number of aliphatic carboxylic acids is 1. The van der Waals surface area contributed by atoms with Crippen LogP contribution in [0.25, 0.3) is 0 Å². The summed E-state index contributed by atoms with van der Waals surface area (Å²) in [5.41, 5.74) is 0.702. The predicted molar refractivity (Wildman–Crippen MR) is 93.4 cm³/mol. The first-order valence-corrected chi connectivity index (χ1v) is 8.39. The molecule has 0 spiro atoms. The minimum Gasteiger partial charge on any atom is -0.482 e. The van der Waals surface area contributed by atoms with Gasteiger partial charge in [-0.25, -0.2) is 4.79 Å². The molecule has 1 aliphatic rings. The minimum absolute atomic E-state index is 0.184. The highest BCUT2D eigenvalue weighted by Gasteiger charge is 2.34. The molecule has 2 amide bonds. The van der Waals surface area contributed by atoms with Gasteiger partial charge in [0.1, 0.15) is 17.8 Å². The summed E-state index contributed by atoms with van der Waals surface area (Å²) >= 11 is 0. The number of hydrogen-bond donors (Lipinski definition) is 2. The number of amides is 2. The monoisotopic (exact) mass is 362 g/mol. The van der Waals surface area contributed by atoms with Gasteiger partial charge in [0.25, 0.3) is 5.91 Å². The number of nitrogens with one attached hydrogen (secondary N) is 1.